The molecule has 5 heteroatoms. The molecular weight excluding hydrogens is 277 g/mol. The van der Waals surface area contributed by atoms with Gasteiger partial charge in [-0.15, -0.1) is 0 Å². The van der Waals surface area contributed by atoms with Gasteiger partial charge >= 0.3 is 0 Å². The zero-order valence-corrected chi connectivity index (χ0v) is 9.27. The van der Waals surface area contributed by atoms with Crippen molar-refractivity contribution in [3.05, 3.63) is 0 Å². The van der Waals surface area contributed by atoms with Gasteiger partial charge in [0.25, 0.3) is 0 Å². The largest absolute Gasteiger partial charge is 0.214 e. The van der Waals surface area contributed by atoms with Crippen LogP contribution < -0.4 is 0 Å². The molecule has 0 aromatic carbocycles. The van der Waals surface area contributed by atoms with Crippen LogP contribution in [0.25, 0.3) is 0 Å². The van der Waals surface area contributed by atoms with Crippen molar-refractivity contribution < 1.29 is 8.42 Å². The lowest BCUT2D eigenvalue weighted by Gasteiger charge is -2.25. The van der Waals surface area contributed by atoms with Gasteiger partial charge in [0.2, 0.25) is 10.0 Å². The summed E-state index contributed by atoms with van der Waals surface area (Å²) in [6.07, 6.45) is 1.86. The SMILES string of the molecule is O=S1(=O)CCCCN1CCI. The molecule has 0 aliphatic carbocycles. The predicted molar refractivity (Wildman–Crippen MR) is 53.5 cm³/mol. The lowest BCUT2D eigenvalue weighted by molar-refractivity contribution is 0.401. The maximum Gasteiger partial charge on any atom is 0.214 e. The second-order valence-electron chi connectivity index (χ2n) is 2.61. The van der Waals surface area contributed by atoms with Crippen molar-refractivity contribution in [3.8, 4) is 0 Å². The van der Waals surface area contributed by atoms with E-state index in [2.05, 4.69) is 22.6 Å². The fourth-order valence-electron chi connectivity index (χ4n) is 1.19. The van der Waals surface area contributed by atoms with Crippen LogP contribution in [-0.4, -0.2) is 36.0 Å². The summed E-state index contributed by atoms with van der Waals surface area (Å²) in [5.74, 6) is 0.351. The van der Waals surface area contributed by atoms with Gasteiger partial charge in [-0.05, 0) is 12.8 Å². The molecular formula is C6H12INO2S. The first-order valence-electron chi connectivity index (χ1n) is 3.70. The summed E-state index contributed by atoms with van der Waals surface area (Å²) in [6.45, 7) is 1.41. The van der Waals surface area contributed by atoms with E-state index < -0.39 is 10.0 Å². The van der Waals surface area contributed by atoms with Crippen molar-refractivity contribution in [1.82, 2.24) is 4.31 Å². The molecule has 1 heterocycles. The second kappa shape index (κ2) is 4.04. The molecule has 1 rings (SSSR count). The molecule has 11 heavy (non-hydrogen) atoms. The standard InChI is InChI=1S/C6H12INO2S/c7-3-5-8-4-1-2-6-11(8,9)10/h1-6H2. The van der Waals surface area contributed by atoms with Crippen LogP contribution in [0.1, 0.15) is 12.8 Å². The molecule has 66 valence electrons. The molecule has 1 saturated heterocycles. The number of hydrogen-bond acceptors (Lipinski definition) is 2. The van der Waals surface area contributed by atoms with Gasteiger partial charge < -0.3 is 0 Å². The molecule has 1 aliphatic rings. The topological polar surface area (TPSA) is 37.4 Å². The third-order valence-electron chi connectivity index (χ3n) is 1.79. The second-order valence-corrected chi connectivity index (χ2v) is 5.78. The Bertz CT molecular complexity index is 213. The Labute approximate surface area is 81.3 Å². The Kier molecular flexibility index (Phi) is 3.57. The molecule has 3 nitrogen and oxygen atoms in total. The van der Waals surface area contributed by atoms with E-state index in [4.69, 9.17) is 0 Å². The highest BCUT2D eigenvalue weighted by Gasteiger charge is 2.24. The van der Waals surface area contributed by atoms with Gasteiger partial charge in [-0.3, -0.25) is 0 Å². The van der Waals surface area contributed by atoms with Crippen molar-refractivity contribution >= 4 is 32.6 Å². The van der Waals surface area contributed by atoms with E-state index in [-0.39, 0.29) is 0 Å². The molecule has 1 fully saturated rings. The van der Waals surface area contributed by atoms with E-state index in [0.29, 0.717) is 12.3 Å². The van der Waals surface area contributed by atoms with Gasteiger partial charge in [-0.25, -0.2) is 12.7 Å². The molecule has 0 spiro atoms. The van der Waals surface area contributed by atoms with Crippen LogP contribution in [0.5, 0.6) is 0 Å². The number of hydrogen-bond donors (Lipinski definition) is 0. The first-order chi connectivity index (χ1) is 5.17. The minimum Gasteiger partial charge on any atom is -0.212 e. The fraction of sp³-hybridized carbons (Fsp3) is 1.00. The summed E-state index contributed by atoms with van der Waals surface area (Å²) in [4.78, 5) is 0. The molecule has 0 bridgehead atoms. The molecule has 1 aliphatic heterocycles. The number of halogens is 1. The highest BCUT2D eigenvalue weighted by atomic mass is 127. The minimum absolute atomic E-state index is 0.351. The average molecular weight is 289 g/mol. The van der Waals surface area contributed by atoms with Crippen LogP contribution in [0.2, 0.25) is 0 Å². The van der Waals surface area contributed by atoms with Gasteiger partial charge in [-0.2, -0.15) is 0 Å². The van der Waals surface area contributed by atoms with Crippen LogP contribution in [0.15, 0.2) is 0 Å². The number of alkyl halides is 1. The third kappa shape index (κ3) is 2.55. The zero-order valence-electron chi connectivity index (χ0n) is 6.29. The molecule has 0 aromatic heterocycles. The van der Waals surface area contributed by atoms with Crippen LogP contribution in [0, 0.1) is 0 Å². The number of nitrogens with zero attached hydrogens (tertiary/aromatic N) is 1. The van der Waals surface area contributed by atoms with E-state index in [1.54, 1.807) is 4.31 Å². The molecule has 0 radical (unpaired) electrons. The Morgan fingerprint density at radius 3 is 2.64 bits per heavy atom. The summed E-state index contributed by atoms with van der Waals surface area (Å²) < 4.78 is 25.1. The van der Waals surface area contributed by atoms with Crippen LogP contribution in [0.4, 0.5) is 0 Å². The third-order valence-corrected chi connectivity index (χ3v) is 4.23. The Hall–Kier alpha value is 0.640. The lowest BCUT2D eigenvalue weighted by Crippen LogP contribution is -2.38. The molecule has 0 amide bonds. The monoisotopic (exact) mass is 289 g/mol. The van der Waals surface area contributed by atoms with Crippen LogP contribution in [0.3, 0.4) is 0 Å². The summed E-state index contributed by atoms with van der Waals surface area (Å²) in [6, 6.07) is 0. The van der Waals surface area contributed by atoms with E-state index >= 15 is 0 Å². The smallest absolute Gasteiger partial charge is 0.212 e. The molecule has 0 atom stereocenters. The van der Waals surface area contributed by atoms with Gasteiger partial charge in [-0.1, -0.05) is 22.6 Å². The zero-order chi connectivity index (χ0) is 8.32. The summed E-state index contributed by atoms with van der Waals surface area (Å²) in [5.41, 5.74) is 0. The molecule has 0 unspecified atom stereocenters. The van der Waals surface area contributed by atoms with E-state index in [1.807, 2.05) is 0 Å². The van der Waals surface area contributed by atoms with Gasteiger partial charge in [0.1, 0.15) is 0 Å². The molecule has 0 saturated carbocycles. The van der Waals surface area contributed by atoms with Crippen molar-refractivity contribution in [2.75, 3.05) is 23.3 Å². The maximum absolute atomic E-state index is 11.3. The van der Waals surface area contributed by atoms with Crippen LogP contribution >= 0.6 is 22.6 Å². The van der Waals surface area contributed by atoms with Crippen molar-refractivity contribution in [3.63, 3.8) is 0 Å². The normalized spacial score (nSPS) is 25.2. The summed E-state index contributed by atoms with van der Waals surface area (Å²) in [7, 11) is -2.86. The summed E-state index contributed by atoms with van der Waals surface area (Å²) in [5, 5.41) is 0. The van der Waals surface area contributed by atoms with Gasteiger partial charge in [0, 0.05) is 17.5 Å². The highest BCUT2D eigenvalue weighted by Crippen LogP contribution is 2.12. The van der Waals surface area contributed by atoms with Crippen molar-refractivity contribution in [2.24, 2.45) is 0 Å². The first-order valence-corrected chi connectivity index (χ1v) is 6.84. The number of rotatable bonds is 2. The quantitative estimate of drug-likeness (QED) is 0.558. The minimum atomic E-state index is -2.86. The predicted octanol–water partition coefficient (Wildman–Crippen LogP) is 0.847. The molecule has 0 N–H and O–H groups in total. The average Bonchev–Trinajstić information content (AvgIpc) is 1.94. The molecule has 0 aromatic rings. The Morgan fingerprint density at radius 1 is 1.36 bits per heavy atom. The van der Waals surface area contributed by atoms with Crippen molar-refractivity contribution in [2.45, 2.75) is 12.8 Å². The van der Waals surface area contributed by atoms with Crippen LogP contribution in [-0.2, 0) is 10.0 Å². The fourth-order valence-corrected chi connectivity index (χ4v) is 3.70. The first kappa shape index (κ1) is 9.73. The summed E-state index contributed by atoms with van der Waals surface area (Å²) >= 11 is 2.20. The van der Waals surface area contributed by atoms with E-state index in [0.717, 1.165) is 23.8 Å². The Balaban J connectivity index is 2.60. The number of sulfonamides is 1. The highest BCUT2D eigenvalue weighted by molar-refractivity contribution is 14.1. The van der Waals surface area contributed by atoms with Gasteiger partial charge in [0.15, 0.2) is 0 Å². The van der Waals surface area contributed by atoms with E-state index in [1.165, 1.54) is 0 Å². The lowest BCUT2D eigenvalue weighted by atomic mass is 10.3. The van der Waals surface area contributed by atoms with E-state index in [9.17, 15) is 8.42 Å². The Morgan fingerprint density at radius 2 is 2.09 bits per heavy atom. The van der Waals surface area contributed by atoms with Gasteiger partial charge in [0.05, 0.1) is 5.75 Å². The van der Waals surface area contributed by atoms with Crippen molar-refractivity contribution in [1.29, 1.82) is 0 Å². The maximum atomic E-state index is 11.3.